The van der Waals surface area contributed by atoms with Crippen molar-refractivity contribution in [3.63, 3.8) is 0 Å². The fourth-order valence-corrected chi connectivity index (χ4v) is 1.05. The van der Waals surface area contributed by atoms with E-state index in [0.717, 1.165) is 19.4 Å². The molecule has 5 heteroatoms. The van der Waals surface area contributed by atoms with Crippen molar-refractivity contribution in [2.24, 2.45) is 0 Å². The summed E-state index contributed by atoms with van der Waals surface area (Å²) in [5, 5.41) is 11.8. The van der Waals surface area contributed by atoms with Crippen LogP contribution < -0.4 is 5.32 Å². The first-order valence-electron chi connectivity index (χ1n) is 4.68. The van der Waals surface area contributed by atoms with Gasteiger partial charge in [-0.05, 0) is 18.6 Å². The smallest absolute Gasteiger partial charge is 0.354 e. The molecule has 0 saturated carbocycles. The molecule has 0 aromatic carbocycles. The monoisotopic (exact) mass is 230 g/mol. The molecule has 0 amide bonds. The van der Waals surface area contributed by atoms with E-state index < -0.39 is 5.97 Å². The van der Waals surface area contributed by atoms with E-state index in [2.05, 4.69) is 17.2 Å². The lowest BCUT2D eigenvalue weighted by molar-refractivity contribution is 0.0690. The molecular weight excluding hydrogens is 216 g/mol. The lowest BCUT2D eigenvalue weighted by Crippen LogP contribution is -2.06. The number of nitrogens with one attached hydrogen (secondary N) is 1. The van der Waals surface area contributed by atoms with Crippen molar-refractivity contribution in [2.75, 3.05) is 11.9 Å². The largest absolute Gasteiger partial charge is 0.477 e. The number of carboxylic acids is 1. The summed E-state index contributed by atoms with van der Waals surface area (Å²) in [4.78, 5) is 14.5. The predicted molar refractivity (Wildman–Crippen MR) is 61.8 cm³/mol. The van der Waals surface area contributed by atoms with Crippen molar-refractivity contribution in [3.05, 3.63) is 23.9 Å². The van der Waals surface area contributed by atoms with Gasteiger partial charge in [0, 0.05) is 6.54 Å². The van der Waals surface area contributed by atoms with Gasteiger partial charge in [0.25, 0.3) is 0 Å². The van der Waals surface area contributed by atoms with Crippen molar-refractivity contribution < 1.29 is 9.90 Å². The van der Waals surface area contributed by atoms with E-state index >= 15 is 0 Å². The van der Waals surface area contributed by atoms with Crippen LogP contribution in [0.3, 0.4) is 0 Å². The molecule has 0 aliphatic carbocycles. The van der Waals surface area contributed by atoms with Gasteiger partial charge in [-0.15, -0.1) is 12.4 Å². The predicted octanol–water partition coefficient (Wildman–Crippen LogP) is 2.41. The Morgan fingerprint density at radius 1 is 1.53 bits per heavy atom. The Labute approximate surface area is 95.1 Å². The number of rotatable bonds is 5. The molecule has 0 unspecified atom stereocenters. The summed E-state index contributed by atoms with van der Waals surface area (Å²) in [5.74, 6) is -0.373. The number of aromatic nitrogens is 1. The van der Waals surface area contributed by atoms with Gasteiger partial charge in [-0.2, -0.15) is 0 Å². The Kier molecular flexibility index (Phi) is 6.45. The van der Waals surface area contributed by atoms with Gasteiger partial charge >= 0.3 is 5.97 Å². The van der Waals surface area contributed by atoms with E-state index in [1.165, 1.54) is 6.07 Å². The standard InChI is InChI=1S/C10H14N2O2.ClH/c1-2-3-7-11-9-6-4-5-8(12-9)10(13)14;/h4-6H,2-3,7H2,1H3,(H,11,12)(H,13,14);1H. The Bertz CT molecular complexity index is 318. The van der Waals surface area contributed by atoms with Crippen LogP contribution >= 0.6 is 12.4 Å². The molecule has 84 valence electrons. The van der Waals surface area contributed by atoms with E-state index in [1.807, 2.05) is 0 Å². The number of halogens is 1. The quantitative estimate of drug-likeness (QED) is 0.763. The third kappa shape index (κ3) is 4.65. The first-order valence-corrected chi connectivity index (χ1v) is 4.68. The van der Waals surface area contributed by atoms with Gasteiger partial charge in [0.15, 0.2) is 5.69 Å². The molecule has 0 aliphatic heterocycles. The average molecular weight is 231 g/mol. The number of carboxylic acid groups (broad SMARTS) is 1. The van der Waals surface area contributed by atoms with Gasteiger partial charge in [0.1, 0.15) is 5.82 Å². The van der Waals surface area contributed by atoms with Crippen molar-refractivity contribution in [3.8, 4) is 0 Å². The minimum atomic E-state index is -0.996. The van der Waals surface area contributed by atoms with Crippen molar-refractivity contribution >= 4 is 24.2 Å². The van der Waals surface area contributed by atoms with Crippen molar-refractivity contribution in [1.29, 1.82) is 0 Å². The Hall–Kier alpha value is -1.29. The third-order valence-electron chi connectivity index (χ3n) is 1.80. The van der Waals surface area contributed by atoms with Crippen LogP contribution in [-0.2, 0) is 0 Å². The summed E-state index contributed by atoms with van der Waals surface area (Å²) in [5.41, 5.74) is 0.0755. The first-order chi connectivity index (χ1) is 6.74. The van der Waals surface area contributed by atoms with E-state index in [4.69, 9.17) is 5.11 Å². The molecule has 15 heavy (non-hydrogen) atoms. The molecule has 0 saturated heterocycles. The average Bonchev–Trinajstić information content (AvgIpc) is 2.19. The Morgan fingerprint density at radius 2 is 2.27 bits per heavy atom. The maximum Gasteiger partial charge on any atom is 0.354 e. The lowest BCUT2D eigenvalue weighted by atomic mass is 10.3. The molecular formula is C10H15ClN2O2. The highest BCUT2D eigenvalue weighted by Gasteiger charge is 2.03. The fourth-order valence-electron chi connectivity index (χ4n) is 1.05. The number of anilines is 1. The maximum atomic E-state index is 10.6. The molecule has 1 rings (SSSR count). The zero-order valence-corrected chi connectivity index (χ0v) is 9.38. The highest BCUT2D eigenvalue weighted by molar-refractivity contribution is 5.85. The molecule has 1 aromatic rings. The lowest BCUT2D eigenvalue weighted by Gasteiger charge is -2.04. The van der Waals surface area contributed by atoms with Gasteiger partial charge in [0.2, 0.25) is 0 Å². The van der Waals surface area contributed by atoms with E-state index in [-0.39, 0.29) is 18.1 Å². The van der Waals surface area contributed by atoms with E-state index in [9.17, 15) is 4.79 Å². The number of hydrogen-bond donors (Lipinski definition) is 2. The van der Waals surface area contributed by atoms with Crippen LogP contribution in [0.1, 0.15) is 30.3 Å². The molecule has 0 aliphatic rings. The molecule has 4 nitrogen and oxygen atoms in total. The maximum absolute atomic E-state index is 10.6. The first kappa shape index (κ1) is 13.7. The molecule has 0 atom stereocenters. The number of unbranched alkanes of at least 4 members (excludes halogenated alkanes) is 1. The summed E-state index contributed by atoms with van der Waals surface area (Å²) in [6.07, 6.45) is 2.16. The summed E-state index contributed by atoms with van der Waals surface area (Å²) in [6, 6.07) is 4.93. The van der Waals surface area contributed by atoms with Gasteiger partial charge in [-0.3, -0.25) is 0 Å². The molecule has 2 N–H and O–H groups in total. The van der Waals surface area contributed by atoms with Crippen LogP contribution in [-0.4, -0.2) is 22.6 Å². The molecule has 0 bridgehead atoms. The Balaban J connectivity index is 0.00000196. The van der Waals surface area contributed by atoms with Crippen LogP contribution in [0.15, 0.2) is 18.2 Å². The molecule has 0 spiro atoms. The minimum Gasteiger partial charge on any atom is -0.477 e. The second-order valence-corrected chi connectivity index (χ2v) is 2.99. The van der Waals surface area contributed by atoms with Gasteiger partial charge in [0.05, 0.1) is 0 Å². The van der Waals surface area contributed by atoms with Crippen LogP contribution in [0.5, 0.6) is 0 Å². The molecule has 1 heterocycles. The number of aromatic carboxylic acids is 1. The zero-order valence-electron chi connectivity index (χ0n) is 8.56. The highest BCUT2D eigenvalue weighted by Crippen LogP contribution is 2.04. The number of hydrogen-bond acceptors (Lipinski definition) is 3. The number of pyridine rings is 1. The SMILES string of the molecule is CCCCNc1cccc(C(=O)O)n1.Cl. The van der Waals surface area contributed by atoms with E-state index in [1.54, 1.807) is 12.1 Å². The summed E-state index contributed by atoms with van der Waals surface area (Å²) >= 11 is 0. The molecule has 0 radical (unpaired) electrons. The minimum absolute atomic E-state index is 0. The van der Waals surface area contributed by atoms with Crippen LogP contribution in [0, 0.1) is 0 Å². The molecule has 1 aromatic heterocycles. The van der Waals surface area contributed by atoms with Crippen LogP contribution in [0.2, 0.25) is 0 Å². The summed E-state index contributed by atoms with van der Waals surface area (Å²) in [6.45, 7) is 2.93. The van der Waals surface area contributed by atoms with Crippen LogP contribution in [0.4, 0.5) is 5.82 Å². The highest BCUT2D eigenvalue weighted by atomic mass is 35.5. The fraction of sp³-hybridized carbons (Fsp3) is 0.400. The summed E-state index contributed by atoms with van der Waals surface area (Å²) < 4.78 is 0. The van der Waals surface area contributed by atoms with Gasteiger partial charge in [-0.25, -0.2) is 9.78 Å². The van der Waals surface area contributed by atoms with Gasteiger partial charge < -0.3 is 10.4 Å². The topological polar surface area (TPSA) is 62.2 Å². The normalized spacial score (nSPS) is 9.13. The number of carbonyl (C=O) groups is 1. The zero-order chi connectivity index (χ0) is 10.4. The second kappa shape index (κ2) is 7.06. The van der Waals surface area contributed by atoms with Gasteiger partial charge in [-0.1, -0.05) is 19.4 Å². The summed E-state index contributed by atoms with van der Waals surface area (Å²) in [7, 11) is 0. The second-order valence-electron chi connectivity index (χ2n) is 2.99. The Morgan fingerprint density at radius 3 is 2.87 bits per heavy atom. The van der Waals surface area contributed by atoms with E-state index in [0.29, 0.717) is 5.82 Å². The van der Waals surface area contributed by atoms with Crippen molar-refractivity contribution in [2.45, 2.75) is 19.8 Å². The van der Waals surface area contributed by atoms with Crippen LogP contribution in [0.25, 0.3) is 0 Å². The third-order valence-corrected chi connectivity index (χ3v) is 1.80. The number of nitrogens with zero attached hydrogens (tertiary/aromatic N) is 1. The van der Waals surface area contributed by atoms with Crippen molar-refractivity contribution in [1.82, 2.24) is 4.98 Å². The molecule has 0 fully saturated rings.